The molecule has 0 saturated carbocycles. The zero-order chi connectivity index (χ0) is 56.9. The number of fused-ring (bicyclic) bond motifs is 19. The zero-order valence-electron chi connectivity index (χ0n) is 47.6. The van der Waals surface area contributed by atoms with Crippen LogP contribution in [0.3, 0.4) is 0 Å². The summed E-state index contributed by atoms with van der Waals surface area (Å²) in [6, 6.07) is 112. The summed E-state index contributed by atoms with van der Waals surface area (Å²) in [6.45, 7) is 4.82. The lowest BCUT2D eigenvalue weighted by atomic mass is 9.81. The van der Waals surface area contributed by atoms with E-state index in [-0.39, 0.29) is 5.41 Å². The number of hydrogen-bond donors (Lipinski definition) is 0. The van der Waals surface area contributed by atoms with E-state index in [4.69, 9.17) is 8.83 Å². The summed E-state index contributed by atoms with van der Waals surface area (Å²) in [5, 5.41) is 15.8. The number of para-hydroxylation sites is 3. The van der Waals surface area contributed by atoms with Gasteiger partial charge in [0.15, 0.2) is 16.1 Å². The van der Waals surface area contributed by atoms with Crippen molar-refractivity contribution in [1.29, 1.82) is 0 Å². The van der Waals surface area contributed by atoms with Crippen LogP contribution in [0.25, 0.3) is 88.4 Å². The molecule has 0 unspecified atom stereocenters. The van der Waals surface area contributed by atoms with Gasteiger partial charge in [-0.3, -0.25) is 0 Å². The first-order chi connectivity index (χ1) is 42.5. The highest BCUT2D eigenvalue weighted by molar-refractivity contribution is 7.30. The van der Waals surface area contributed by atoms with Gasteiger partial charge >= 0.3 is 0 Å². The third-order valence-corrected chi connectivity index (χ3v) is 29.6. The molecule has 0 amide bonds. The molecule has 404 valence electrons. The van der Waals surface area contributed by atoms with Gasteiger partial charge in [0.25, 0.3) is 0 Å². The van der Waals surface area contributed by atoms with Crippen molar-refractivity contribution in [2.45, 2.75) is 19.3 Å². The number of nitrogens with zero attached hydrogens (tertiary/aromatic N) is 1. The zero-order valence-corrected chi connectivity index (χ0v) is 49.6. The second-order valence-electron chi connectivity index (χ2n) is 24.1. The van der Waals surface area contributed by atoms with Crippen molar-refractivity contribution in [1.82, 2.24) is 0 Å². The average molecular weight is 1130 g/mol. The molecular formula is C81H55NO2Si2. The molecule has 3 nitrogen and oxygen atoms in total. The monoisotopic (exact) mass is 1130 g/mol. The van der Waals surface area contributed by atoms with E-state index in [9.17, 15) is 0 Å². The standard InChI is InChI=1S/C81H55NO2Si2/c1-81(2)66-49-54(45-47-60(66)72-67(81)51-65(52-27-9-3-10-28-52)77-73(72)61-39-21-24-42-68(61)83-77)82(53-29-11-4-12-30-53)55-46-48-64-71(50-55)86(58-35-17-7-18-36-58,59-37-19-8-20-38-59)79-75(64)74-62-40-22-25-43-69(62)84-78(74)76-63-41-23-26-44-70(63)85(80(76)79,56-31-13-5-14-32-56)57-33-15-6-16-34-57/h3-51H,1-2H3. The summed E-state index contributed by atoms with van der Waals surface area (Å²) in [4.78, 5) is 2.52. The highest BCUT2D eigenvalue weighted by atomic mass is 28.3. The van der Waals surface area contributed by atoms with Crippen molar-refractivity contribution in [3.63, 3.8) is 0 Å². The SMILES string of the molecule is CC1(C)c2cc(N(c3ccccc3)c3ccc4c(c3)[Si](c3ccccc3)(c3ccccc3)c3c5c(c6oc7ccccc7c6c3-4)-c3ccccc3[Si]5(c3ccccc3)c3ccccc3)ccc2-c2c1cc(-c1ccccc1)c1oc3ccccc3c21. The van der Waals surface area contributed by atoms with Crippen molar-refractivity contribution >= 4 is 119 Å². The number of benzene rings is 13. The van der Waals surface area contributed by atoms with Crippen LogP contribution in [0, 0.1) is 0 Å². The largest absolute Gasteiger partial charge is 0.455 e. The molecule has 13 aromatic carbocycles. The fourth-order valence-electron chi connectivity index (χ4n) is 16.1. The molecule has 0 bridgehead atoms. The molecule has 0 spiro atoms. The second-order valence-corrected chi connectivity index (χ2v) is 31.5. The maximum absolute atomic E-state index is 7.48. The predicted molar refractivity (Wildman–Crippen MR) is 364 cm³/mol. The minimum Gasteiger partial charge on any atom is -0.455 e. The summed E-state index contributed by atoms with van der Waals surface area (Å²) >= 11 is 0. The number of hydrogen-bond acceptors (Lipinski definition) is 3. The average Bonchev–Trinajstić information content (AvgIpc) is 1.50. The summed E-state index contributed by atoms with van der Waals surface area (Å²) in [5.41, 5.74) is 19.1. The Bertz CT molecular complexity index is 5170. The third kappa shape index (κ3) is 6.50. The van der Waals surface area contributed by atoms with Gasteiger partial charge in [-0.2, -0.15) is 0 Å². The molecule has 4 heterocycles. The van der Waals surface area contributed by atoms with Gasteiger partial charge in [0.05, 0.1) is 0 Å². The first-order valence-electron chi connectivity index (χ1n) is 30.0. The van der Waals surface area contributed by atoms with Crippen molar-refractivity contribution in [3.8, 4) is 44.5 Å². The molecule has 0 saturated heterocycles. The summed E-state index contributed by atoms with van der Waals surface area (Å²) in [7, 11) is -6.66. The molecule has 2 aromatic heterocycles. The highest BCUT2D eigenvalue weighted by Crippen LogP contribution is 2.57. The van der Waals surface area contributed by atoms with Crippen LogP contribution in [0.1, 0.15) is 25.0 Å². The summed E-state index contributed by atoms with van der Waals surface area (Å²) in [5.74, 6) is 0. The molecule has 86 heavy (non-hydrogen) atoms. The van der Waals surface area contributed by atoms with Crippen molar-refractivity contribution in [3.05, 3.63) is 308 Å². The Labute approximate surface area is 501 Å². The first kappa shape index (κ1) is 49.2. The predicted octanol–water partition coefficient (Wildman–Crippen LogP) is 15.6. The molecule has 3 aliphatic rings. The minimum atomic E-state index is -3.43. The smallest absolute Gasteiger partial charge is 0.180 e. The van der Waals surface area contributed by atoms with E-state index in [0.717, 1.165) is 61.3 Å². The van der Waals surface area contributed by atoms with Crippen LogP contribution in [0.4, 0.5) is 17.1 Å². The maximum atomic E-state index is 7.48. The van der Waals surface area contributed by atoms with E-state index in [0.29, 0.717) is 0 Å². The summed E-state index contributed by atoms with van der Waals surface area (Å²) < 4.78 is 14.4. The van der Waals surface area contributed by atoms with Crippen molar-refractivity contribution < 1.29 is 8.83 Å². The Balaban J connectivity index is 0.951. The van der Waals surface area contributed by atoms with Crippen LogP contribution >= 0.6 is 0 Å². The van der Waals surface area contributed by atoms with E-state index in [1.165, 1.54) is 96.8 Å². The van der Waals surface area contributed by atoms with Gasteiger partial charge in [-0.1, -0.05) is 257 Å². The van der Waals surface area contributed by atoms with E-state index < -0.39 is 16.1 Å². The van der Waals surface area contributed by atoms with Crippen LogP contribution in [-0.2, 0) is 5.41 Å². The molecule has 0 fully saturated rings. The Hall–Kier alpha value is -10.3. The first-order valence-corrected chi connectivity index (χ1v) is 34.0. The van der Waals surface area contributed by atoms with E-state index in [2.05, 4.69) is 316 Å². The fraction of sp³-hybridized carbons (Fsp3) is 0.0370. The van der Waals surface area contributed by atoms with Crippen LogP contribution < -0.4 is 46.4 Å². The molecule has 1 aliphatic carbocycles. The molecule has 5 heteroatoms. The lowest BCUT2D eigenvalue weighted by molar-refractivity contribution is 0.657. The molecule has 2 aliphatic heterocycles. The molecule has 0 atom stereocenters. The van der Waals surface area contributed by atoms with Crippen LogP contribution in [0.5, 0.6) is 0 Å². The van der Waals surface area contributed by atoms with Gasteiger partial charge in [0, 0.05) is 55.1 Å². The molecule has 0 N–H and O–H groups in total. The normalized spacial score (nSPS) is 14.4. The maximum Gasteiger partial charge on any atom is 0.180 e. The van der Waals surface area contributed by atoms with Gasteiger partial charge in [-0.15, -0.1) is 0 Å². The molecule has 0 radical (unpaired) electrons. The Morgan fingerprint density at radius 1 is 0.314 bits per heavy atom. The van der Waals surface area contributed by atoms with Gasteiger partial charge in [0.2, 0.25) is 0 Å². The highest BCUT2D eigenvalue weighted by Gasteiger charge is 2.59. The van der Waals surface area contributed by atoms with Crippen LogP contribution in [0.15, 0.2) is 306 Å². The molecular weight excluding hydrogens is 1080 g/mol. The Kier molecular flexibility index (Phi) is 10.5. The summed E-state index contributed by atoms with van der Waals surface area (Å²) in [6.07, 6.45) is 0. The lowest BCUT2D eigenvalue weighted by Gasteiger charge is -2.38. The number of anilines is 3. The minimum absolute atomic E-state index is 0.355. The van der Waals surface area contributed by atoms with Gasteiger partial charge in [-0.25, -0.2) is 0 Å². The second kappa shape index (κ2) is 18.3. The molecule has 18 rings (SSSR count). The molecule has 15 aromatic rings. The quantitative estimate of drug-likeness (QED) is 0.142. The number of furan rings is 2. The van der Waals surface area contributed by atoms with E-state index in [1.807, 2.05) is 0 Å². The van der Waals surface area contributed by atoms with E-state index >= 15 is 0 Å². The van der Waals surface area contributed by atoms with E-state index in [1.54, 1.807) is 0 Å². The Morgan fingerprint density at radius 3 is 1.35 bits per heavy atom. The van der Waals surface area contributed by atoms with Gasteiger partial charge in [-0.05, 0) is 141 Å². The fourth-order valence-corrected chi connectivity index (χ4v) is 27.8. The third-order valence-electron chi connectivity index (χ3n) is 19.6. The van der Waals surface area contributed by atoms with Crippen LogP contribution in [0.2, 0.25) is 0 Å². The van der Waals surface area contributed by atoms with Gasteiger partial charge < -0.3 is 13.7 Å². The Morgan fingerprint density at radius 2 is 0.756 bits per heavy atom. The topological polar surface area (TPSA) is 29.5 Å². The van der Waals surface area contributed by atoms with Crippen molar-refractivity contribution in [2.24, 2.45) is 0 Å². The lowest BCUT2D eigenvalue weighted by Crippen LogP contribution is -2.82. The van der Waals surface area contributed by atoms with Crippen LogP contribution in [-0.4, -0.2) is 16.1 Å². The van der Waals surface area contributed by atoms with Crippen molar-refractivity contribution in [2.75, 3.05) is 4.90 Å². The van der Waals surface area contributed by atoms with Gasteiger partial charge in [0.1, 0.15) is 22.3 Å². The number of rotatable bonds is 8.